The van der Waals surface area contributed by atoms with Gasteiger partial charge in [-0.15, -0.1) is 0 Å². The SMILES string of the molecule is Cc1ccc(C(=O)Nc2nc3c(s2)c(C(=O)O)nn3-c2ccc(C(F)(F)F)cc2)cc1. The fourth-order valence-electron chi connectivity index (χ4n) is 2.84. The molecule has 0 radical (unpaired) electrons. The van der Waals surface area contributed by atoms with Crippen molar-refractivity contribution in [2.75, 3.05) is 5.32 Å². The maximum atomic E-state index is 12.8. The molecule has 158 valence electrons. The summed E-state index contributed by atoms with van der Waals surface area (Å²) in [5, 5.41) is 16.2. The molecule has 0 aliphatic carbocycles. The third-order valence-corrected chi connectivity index (χ3v) is 5.37. The molecular weight excluding hydrogens is 433 g/mol. The van der Waals surface area contributed by atoms with Crippen molar-refractivity contribution in [2.45, 2.75) is 13.1 Å². The van der Waals surface area contributed by atoms with E-state index in [2.05, 4.69) is 15.4 Å². The van der Waals surface area contributed by atoms with Crippen LogP contribution in [0.2, 0.25) is 0 Å². The first-order chi connectivity index (χ1) is 14.6. The molecule has 0 fully saturated rings. The summed E-state index contributed by atoms with van der Waals surface area (Å²) in [5.74, 6) is -1.75. The maximum absolute atomic E-state index is 12.8. The Bertz CT molecular complexity index is 1290. The third kappa shape index (κ3) is 3.99. The van der Waals surface area contributed by atoms with Crippen LogP contribution in [0.1, 0.15) is 32.0 Å². The van der Waals surface area contributed by atoms with Gasteiger partial charge in [0, 0.05) is 5.56 Å². The number of aryl methyl sites for hydroxylation is 1. The standard InChI is InChI=1S/C20H13F3N4O3S/c1-10-2-4-11(5-3-10)17(28)25-19-24-16-15(31-19)14(18(29)30)26-27(16)13-8-6-12(7-9-13)20(21,22)23/h2-9H,1H3,(H,29,30)(H,24,25,28). The fourth-order valence-corrected chi connectivity index (χ4v) is 3.76. The molecule has 0 spiro atoms. The van der Waals surface area contributed by atoms with Gasteiger partial charge >= 0.3 is 12.1 Å². The van der Waals surface area contributed by atoms with E-state index in [9.17, 15) is 27.9 Å². The number of halogens is 3. The number of benzene rings is 2. The molecule has 7 nitrogen and oxygen atoms in total. The predicted molar refractivity (Wildman–Crippen MR) is 108 cm³/mol. The van der Waals surface area contributed by atoms with Crippen LogP contribution in [0.5, 0.6) is 0 Å². The van der Waals surface area contributed by atoms with Crippen LogP contribution in [0.15, 0.2) is 48.5 Å². The van der Waals surface area contributed by atoms with Crippen molar-refractivity contribution in [2.24, 2.45) is 0 Å². The Balaban J connectivity index is 1.72. The number of alkyl halides is 3. The smallest absolute Gasteiger partial charge is 0.416 e. The molecule has 2 aromatic heterocycles. The number of carboxylic acid groups (broad SMARTS) is 1. The molecule has 0 unspecified atom stereocenters. The molecule has 0 bridgehead atoms. The Morgan fingerprint density at radius 3 is 2.29 bits per heavy atom. The van der Waals surface area contributed by atoms with Crippen molar-refractivity contribution >= 4 is 38.7 Å². The summed E-state index contributed by atoms with van der Waals surface area (Å²) >= 11 is 0.914. The summed E-state index contributed by atoms with van der Waals surface area (Å²) in [6.07, 6.45) is -4.50. The number of carbonyl (C=O) groups excluding carboxylic acids is 1. The van der Waals surface area contributed by atoms with Gasteiger partial charge in [0.1, 0.15) is 4.70 Å². The van der Waals surface area contributed by atoms with Crippen molar-refractivity contribution < 1.29 is 27.9 Å². The third-order valence-electron chi connectivity index (χ3n) is 4.40. The molecule has 0 aliphatic heterocycles. The lowest BCUT2D eigenvalue weighted by Gasteiger charge is -2.07. The molecule has 2 aromatic carbocycles. The number of nitrogens with one attached hydrogen (secondary N) is 1. The van der Waals surface area contributed by atoms with Crippen molar-refractivity contribution in [1.82, 2.24) is 14.8 Å². The van der Waals surface area contributed by atoms with Gasteiger partial charge in [-0.3, -0.25) is 10.1 Å². The van der Waals surface area contributed by atoms with Gasteiger partial charge in [-0.1, -0.05) is 29.0 Å². The van der Waals surface area contributed by atoms with Gasteiger partial charge in [-0.05, 0) is 43.3 Å². The maximum Gasteiger partial charge on any atom is 0.416 e. The summed E-state index contributed by atoms with van der Waals surface area (Å²) in [5.41, 5.74) is 0.534. The zero-order valence-electron chi connectivity index (χ0n) is 15.8. The van der Waals surface area contributed by atoms with E-state index < -0.39 is 23.6 Å². The van der Waals surface area contributed by atoms with Gasteiger partial charge in [0.05, 0.1) is 11.3 Å². The number of nitrogens with zero attached hydrogens (tertiary/aromatic N) is 3. The lowest BCUT2D eigenvalue weighted by Crippen LogP contribution is -2.11. The Morgan fingerprint density at radius 1 is 1.06 bits per heavy atom. The number of aromatic nitrogens is 3. The van der Waals surface area contributed by atoms with Gasteiger partial charge in [-0.25, -0.2) is 9.48 Å². The minimum absolute atomic E-state index is 0.112. The van der Waals surface area contributed by atoms with E-state index in [1.165, 1.54) is 12.1 Å². The van der Waals surface area contributed by atoms with Crippen LogP contribution in [0.4, 0.5) is 18.3 Å². The number of anilines is 1. The van der Waals surface area contributed by atoms with Gasteiger partial charge in [0.15, 0.2) is 16.5 Å². The molecule has 0 atom stereocenters. The number of hydrogen-bond donors (Lipinski definition) is 2. The van der Waals surface area contributed by atoms with E-state index in [1.807, 2.05) is 6.92 Å². The molecule has 2 N–H and O–H groups in total. The lowest BCUT2D eigenvalue weighted by atomic mass is 10.1. The van der Waals surface area contributed by atoms with Crippen molar-refractivity contribution in [3.05, 3.63) is 70.9 Å². The number of hydrogen-bond acceptors (Lipinski definition) is 5. The monoisotopic (exact) mass is 446 g/mol. The normalized spacial score (nSPS) is 11.6. The van der Waals surface area contributed by atoms with E-state index in [0.717, 1.165) is 33.7 Å². The fraction of sp³-hybridized carbons (Fsp3) is 0.100. The largest absolute Gasteiger partial charge is 0.476 e. The van der Waals surface area contributed by atoms with Crippen LogP contribution in [0, 0.1) is 6.92 Å². The first-order valence-electron chi connectivity index (χ1n) is 8.82. The van der Waals surface area contributed by atoms with Gasteiger partial charge < -0.3 is 5.11 Å². The number of fused-ring (bicyclic) bond motifs is 1. The summed E-state index contributed by atoms with van der Waals surface area (Å²) < 4.78 is 39.8. The molecule has 2 heterocycles. The van der Waals surface area contributed by atoms with E-state index in [1.54, 1.807) is 24.3 Å². The molecule has 0 saturated heterocycles. The Hall–Kier alpha value is -3.73. The van der Waals surface area contributed by atoms with E-state index in [-0.39, 0.29) is 26.9 Å². The Labute approximate surface area is 176 Å². The number of rotatable bonds is 4. The van der Waals surface area contributed by atoms with Crippen LogP contribution in [0.25, 0.3) is 16.0 Å². The molecule has 0 saturated carbocycles. The molecule has 1 amide bonds. The first kappa shape index (κ1) is 20.5. The number of carbonyl (C=O) groups is 2. The van der Waals surface area contributed by atoms with Crippen molar-refractivity contribution in [3.8, 4) is 5.69 Å². The quantitative estimate of drug-likeness (QED) is 0.471. The predicted octanol–water partition coefficient (Wildman–Crippen LogP) is 4.76. The average Bonchev–Trinajstić information content (AvgIpc) is 3.26. The van der Waals surface area contributed by atoms with E-state index in [0.29, 0.717) is 5.56 Å². The summed E-state index contributed by atoms with van der Waals surface area (Å²) in [6.45, 7) is 1.88. The highest BCUT2D eigenvalue weighted by Crippen LogP contribution is 2.33. The number of carboxylic acids is 1. The van der Waals surface area contributed by atoms with E-state index >= 15 is 0 Å². The highest BCUT2D eigenvalue weighted by molar-refractivity contribution is 7.22. The zero-order valence-corrected chi connectivity index (χ0v) is 16.6. The minimum atomic E-state index is -4.50. The Kier molecular flexibility index (Phi) is 4.97. The van der Waals surface area contributed by atoms with Crippen LogP contribution in [-0.2, 0) is 6.18 Å². The summed E-state index contributed by atoms with van der Waals surface area (Å²) in [6, 6.07) is 10.9. The zero-order chi connectivity index (χ0) is 22.3. The van der Waals surface area contributed by atoms with Gasteiger partial charge in [-0.2, -0.15) is 23.3 Å². The average molecular weight is 446 g/mol. The topological polar surface area (TPSA) is 97.1 Å². The molecule has 0 aliphatic rings. The number of aromatic carboxylic acids is 1. The summed E-state index contributed by atoms with van der Waals surface area (Å²) in [7, 11) is 0. The number of thiazole rings is 1. The number of amides is 1. The molecular formula is C20H13F3N4O3S. The van der Waals surface area contributed by atoms with Crippen LogP contribution in [-0.4, -0.2) is 31.7 Å². The summed E-state index contributed by atoms with van der Waals surface area (Å²) in [4.78, 5) is 28.3. The Morgan fingerprint density at radius 2 is 1.71 bits per heavy atom. The second-order valence-corrected chi connectivity index (χ2v) is 7.60. The minimum Gasteiger partial charge on any atom is -0.476 e. The van der Waals surface area contributed by atoms with E-state index in [4.69, 9.17) is 0 Å². The molecule has 31 heavy (non-hydrogen) atoms. The molecule has 4 aromatic rings. The highest BCUT2D eigenvalue weighted by Gasteiger charge is 2.30. The van der Waals surface area contributed by atoms with Crippen LogP contribution >= 0.6 is 11.3 Å². The van der Waals surface area contributed by atoms with Crippen molar-refractivity contribution in [3.63, 3.8) is 0 Å². The lowest BCUT2D eigenvalue weighted by molar-refractivity contribution is -0.137. The molecule has 4 rings (SSSR count). The van der Waals surface area contributed by atoms with Gasteiger partial charge in [0.25, 0.3) is 5.91 Å². The second kappa shape index (κ2) is 7.51. The highest BCUT2D eigenvalue weighted by atomic mass is 32.1. The second-order valence-electron chi connectivity index (χ2n) is 6.60. The van der Waals surface area contributed by atoms with Crippen LogP contribution < -0.4 is 5.32 Å². The molecule has 11 heteroatoms. The van der Waals surface area contributed by atoms with Gasteiger partial charge in [0.2, 0.25) is 0 Å². The van der Waals surface area contributed by atoms with Crippen LogP contribution in [0.3, 0.4) is 0 Å². The first-order valence-corrected chi connectivity index (χ1v) is 9.63. The van der Waals surface area contributed by atoms with Crippen molar-refractivity contribution in [1.29, 1.82) is 0 Å².